The summed E-state index contributed by atoms with van der Waals surface area (Å²) in [6, 6.07) is 0. The van der Waals surface area contributed by atoms with Crippen LogP contribution in [0.3, 0.4) is 0 Å². The number of nitrogens with one attached hydrogen (secondary N) is 2. The minimum Gasteiger partial charge on any atom is -0.395 e. The Morgan fingerprint density at radius 1 is 0.875 bits per heavy atom. The number of rotatable bonds is 7. The minimum absolute atomic E-state index is 0.112. The molecule has 0 unspecified atom stereocenters. The van der Waals surface area contributed by atoms with Crippen LogP contribution < -0.4 is 10.6 Å². The van der Waals surface area contributed by atoms with Gasteiger partial charge in [-0.05, 0) is 0 Å². The van der Waals surface area contributed by atoms with Crippen molar-refractivity contribution in [1.82, 2.24) is 10.6 Å². The summed E-state index contributed by atoms with van der Waals surface area (Å²) in [7, 11) is 0. The third kappa shape index (κ3) is 8.92. The van der Waals surface area contributed by atoms with Crippen LogP contribution in [0.25, 0.3) is 0 Å². The first-order valence-corrected chi connectivity index (χ1v) is 4.83. The summed E-state index contributed by atoms with van der Waals surface area (Å²) in [5.74, 6) is -0.677. The van der Waals surface area contributed by atoms with Crippen LogP contribution in [0.5, 0.6) is 0 Å². The topological polar surface area (TPSA) is 98.7 Å². The second kappa shape index (κ2) is 9.88. The predicted octanol–water partition coefficient (Wildman–Crippen LogP) is -1.68. The first-order valence-electron chi connectivity index (χ1n) is 4.83. The molecule has 0 saturated carbocycles. The summed E-state index contributed by atoms with van der Waals surface area (Å²) in [4.78, 5) is 21.9. The molecule has 90 valence electrons. The van der Waals surface area contributed by atoms with E-state index in [4.69, 9.17) is 10.2 Å². The van der Waals surface area contributed by atoms with E-state index in [1.165, 1.54) is 24.3 Å². The first-order chi connectivity index (χ1) is 7.70. The molecule has 0 aromatic carbocycles. The van der Waals surface area contributed by atoms with Gasteiger partial charge in [0.2, 0.25) is 11.8 Å². The number of aliphatic hydroxyl groups excluding tert-OH is 2. The van der Waals surface area contributed by atoms with Crippen LogP contribution >= 0.6 is 0 Å². The quantitative estimate of drug-likeness (QED) is 0.309. The predicted molar refractivity (Wildman–Crippen MR) is 58.5 cm³/mol. The second-order valence-electron chi connectivity index (χ2n) is 2.75. The van der Waals surface area contributed by atoms with Crippen molar-refractivity contribution in [2.45, 2.75) is 0 Å². The molecule has 0 spiro atoms. The summed E-state index contributed by atoms with van der Waals surface area (Å²) >= 11 is 0. The summed E-state index contributed by atoms with van der Waals surface area (Å²) < 4.78 is 0. The molecule has 0 heterocycles. The Kier molecular flexibility index (Phi) is 8.85. The Hall–Kier alpha value is -1.66. The molecule has 0 aliphatic heterocycles. The summed E-state index contributed by atoms with van der Waals surface area (Å²) in [6.45, 7) is 0.172. The molecule has 0 radical (unpaired) electrons. The molecule has 0 aromatic heterocycles. The number of allylic oxidation sites excluding steroid dienone is 2. The van der Waals surface area contributed by atoms with E-state index >= 15 is 0 Å². The van der Waals surface area contributed by atoms with E-state index in [1.807, 2.05) is 0 Å². The summed E-state index contributed by atoms with van der Waals surface area (Å²) in [5, 5.41) is 21.7. The molecular formula is C10H16N2O4. The lowest BCUT2D eigenvalue weighted by Crippen LogP contribution is -2.24. The fraction of sp³-hybridized carbons (Fsp3) is 0.400. The van der Waals surface area contributed by atoms with Crippen LogP contribution in [0.4, 0.5) is 0 Å². The number of carbonyl (C=O) groups excluding carboxylic acids is 2. The Balaban J connectivity index is 3.76. The van der Waals surface area contributed by atoms with Gasteiger partial charge < -0.3 is 20.8 Å². The van der Waals surface area contributed by atoms with Crippen LogP contribution in [0, 0.1) is 0 Å². The number of aliphatic hydroxyl groups is 2. The molecule has 2 amide bonds. The zero-order valence-electron chi connectivity index (χ0n) is 8.85. The van der Waals surface area contributed by atoms with Gasteiger partial charge in [-0.2, -0.15) is 0 Å². The van der Waals surface area contributed by atoms with Gasteiger partial charge in [-0.1, -0.05) is 12.2 Å². The molecule has 0 saturated heterocycles. The van der Waals surface area contributed by atoms with Gasteiger partial charge in [-0.25, -0.2) is 0 Å². The SMILES string of the molecule is O=C(C=CC=CC(=O)NCCO)NCCO. The largest absolute Gasteiger partial charge is 0.395 e. The van der Waals surface area contributed by atoms with Crippen LogP contribution in [0.2, 0.25) is 0 Å². The molecule has 0 aliphatic carbocycles. The highest BCUT2D eigenvalue weighted by atomic mass is 16.3. The minimum atomic E-state index is -0.338. The van der Waals surface area contributed by atoms with Crippen LogP contribution in [-0.2, 0) is 9.59 Å². The molecule has 16 heavy (non-hydrogen) atoms. The van der Waals surface area contributed by atoms with Gasteiger partial charge >= 0.3 is 0 Å². The molecule has 0 fully saturated rings. The highest BCUT2D eigenvalue weighted by molar-refractivity contribution is 5.89. The van der Waals surface area contributed by atoms with E-state index in [-0.39, 0.29) is 38.1 Å². The summed E-state index contributed by atoms with van der Waals surface area (Å²) in [6.07, 6.45) is 5.30. The molecule has 0 aromatic rings. The standard InChI is InChI=1S/C10H16N2O4/c13-7-5-11-9(15)3-1-2-4-10(16)12-6-8-14/h1-4,13-14H,5-8H2,(H,11,15)(H,12,16). The van der Waals surface area contributed by atoms with Crippen molar-refractivity contribution in [2.24, 2.45) is 0 Å². The Bertz CT molecular complexity index is 246. The fourth-order valence-electron chi connectivity index (χ4n) is 0.762. The Labute approximate surface area is 93.7 Å². The van der Waals surface area contributed by atoms with E-state index < -0.39 is 0 Å². The lowest BCUT2D eigenvalue weighted by molar-refractivity contribution is -0.117. The molecule has 0 aliphatic rings. The van der Waals surface area contributed by atoms with Crippen LogP contribution in [0.1, 0.15) is 0 Å². The van der Waals surface area contributed by atoms with Gasteiger partial charge in [0.25, 0.3) is 0 Å². The van der Waals surface area contributed by atoms with E-state index in [0.717, 1.165) is 0 Å². The Morgan fingerprint density at radius 2 is 1.25 bits per heavy atom. The molecular weight excluding hydrogens is 212 g/mol. The van der Waals surface area contributed by atoms with Crippen molar-refractivity contribution >= 4 is 11.8 Å². The van der Waals surface area contributed by atoms with Crippen molar-refractivity contribution in [3.05, 3.63) is 24.3 Å². The molecule has 4 N–H and O–H groups in total. The number of amides is 2. The maximum absolute atomic E-state index is 10.9. The van der Waals surface area contributed by atoms with Crippen molar-refractivity contribution in [3.8, 4) is 0 Å². The van der Waals surface area contributed by atoms with E-state index in [1.54, 1.807) is 0 Å². The van der Waals surface area contributed by atoms with Gasteiger partial charge in [0.05, 0.1) is 13.2 Å². The third-order valence-electron chi connectivity index (χ3n) is 1.43. The molecule has 0 bridgehead atoms. The first kappa shape index (κ1) is 14.3. The average Bonchev–Trinajstić information content (AvgIpc) is 2.29. The van der Waals surface area contributed by atoms with Gasteiger partial charge in [0.1, 0.15) is 0 Å². The maximum Gasteiger partial charge on any atom is 0.244 e. The smallest absolute Gasteiger partial charge is 0.244 e. The van der Waals surface area contributed by atoms with Gasteiger partial charge in [0, 0.05) is 25.2 Å². The van der Waals surface area contributed by atoms with E-state index in [2.05, 4.69) is 10.6 Å². The monoisotopic (exact) mass is 228 g/mol. The average molecular weight is 228 g/mol. The molecule has 0 rings (SSSR count). The number of hydrogen-bond donors (Lipinski definition) is 4. The van der Waals surface area contributed by atoms with Crippen molar-refractivity contribution in [1.29, 1.82) is 0 Å². The van der Waals surface area contributed by atoms with Crippen molar-refractivity contribution in [2.75, 3.05) is 26.3 Å². The fourth-order valence-corrected chi connectivity index (χ4v) is 0.762. The van der Waals surface area contributed by atoms with Crippen molar-refractivity contribution in [3.63, 3.8) is 0 Å². The molecule has 6 nitrogen and oxygen atoms in total. The normalized spacial score (nSPS) is 10.9. The lowest BCUT2D eigenvalue weighted by atomic mass is 10.4. The number of hydrogen-bond acceptors (Lipinski definition) is 4. The van der Waals surface area contributed by atoms with Crippen LogP contribution in [0.15, 0.2) is 24.3 Å². The van der Waals surface area contributed by atoms with E-state index in [0.29, 0.717) is 0 Å². The zero-order chi connectivity index (χ0) is 12.2. The molecule has 0 atom stereocenters. The zero-order valence-corrected chi connectivity index (χ0v) is 8.85. The highest BCUT2D eigenvalue weighted by Gasteiger charge is 1.92. The number of carbonyl (C=O) groups is 2. The van der Waals surface area contributed by atoms with Crippen molar-refractivity contribution < 1.29 is 19.8 Å². The van der Waals surface area contributed by atoms with E-state index in [9.17, 15) is 9.59 Å². The lowest BCUT2D eigenvalue weighted by Gasteiger charge is -1.96. The second-order valence-corrected chi connectivity index (χ2v) is 2.75. The van der Waals surface area contributed by atoms with Gasteiger partial charge in [-0.15, -0.1) is 0 Å². The Morgan fingerprint density at radius 3 is 1.56 bits per heavy atom. The van der Waals surface area contributed by atoms with Gasteiger partial charge in [0.15, 0.2) is 0 Å². The maximum atomic E-state index is 10.9. The van der Waals surface area contributed by atoms with Crippen LogP contribution in [-0.4, -0.2) is 48.3 Å². The van der Waals surface area contributed by atoms with Gasteiger partial charge in [-0.3, -0.25) is 9.59 Å². The highest BCUT2D eigenvalue weighted by Crippen LogP contribution is 1.79. The summed E-state index contributed by atoms with van der Waals surface area (Å²) in [5.41, 5.74) is 0. The third-order valence-corrected chi connectivity index (χ3v) is 1.43. The molecule has 6 heteroatoms.